The molecule has 0 saturated heterocycles. The molecule has 2 aromatic heterocycles. The summed E-state index contributed by atoms with van der Waals surface area (Å²) in [5.41, 5.74) is 2.83. The van der Waals surface area contributed by atoms with Gasteiger partial charge in [0.2, 0.25) is 5.91 Å². The number of aromatic nitrogens is 2. The fourth-order valence-electron chi connectivity index (χ4n) is 2.35. The summed E-state index contributed by atoms with van der Waals surface area (Å²) in [4.78, 5) is 32.5. The third-order valence-electron chi connectivity index (χ3n) is 3.77. The monoisotopic (exact) mass is 376 g/mol. The van der Waals surface area contributed by atoms with Crippen molar-refractivity contribution in [2.24, 2.45) is 5.10 Å². The van der Waals surface area contributed by atoms with Crippen LogP contribution in [0.4, 0.5) is 8.78 Å². The smallest absolute Gasteiger partial charge is 0.259 e. The molecule has 0 radical (unpaired) electrons. The lowest BCUT2D eigenvalue weighted by atomic mass is 10.2. The second-order valence-corrected chi connectivity index (χ2v) is 6.82. The SMILES string of the molecule is Cc1sc2nc(CC(=O)N/N=C/c3ccc(F)cc3F)[nH]c(=O)c2c1C. The largest absolute Gasteiger partial charge is 0.309 e. The Kier molecular flexibility index (Phi) is 4.90. The Balaban J connectivity index is 1.71. The van der Waals surface area contributed by atoms with E-state index in [-0.39, 0.29) is 23.4 Å². The highest BCUT2D eigenvalue weighted by Gasteiger charge is 2.13. The molecule has 1 aromatic carbocycles. The van der Waals surface area contributed by atoms with Crippen molar-refractivity contribution in [3.63, 3.8) is 0 Å². The third kappa shape index (κ3) is 3.67. The summed E-state index contributed by atoms with van der Waals surface area (Å²) >= 11 is 1.39. The van der Waals surface area contributed by atoms with Gasteiger partial charge < -0.3 is 4.98 Å². The highest BCUT2D eigenvalue weighted by molar-refractivity contribution is 7.18. The Hall–Kier alpha value is -2.94. The lowest BCUT2D eigenvalue weighted by molar-refractivity contribution is -0.120. The molecule has 0 spiro atoms. The molecule has 3 rings (SSSR count). The van der Waals surface area contributed by atoms with E-state index >= 15 is 0 Å². The van der Waals surface area contributed by atoms with Crippen molar-refractivity contribution in [3.8, 4) is 0 Å². The van der Waals surface area contributed by atoms with Gasteiger partial charge in [-0.3, -0.25) is 9.59 Å². The van der Waals surface area contributed by atoms with E-state index in [0.29, 0.717) is 10.2 Å². The number of hydrazone groups is 1. The van der Waals surface area contributed by atoms with E-state index in [0.717, 1.165) is 28.8 Å². The first-order chi connectivity index (χ1) is 12.3. The van der Waals surface area contributed by atoms with Crippen molar-refractivity contribution < 1.29 is 13.6 Å². The Labute approximate surface area is 150 Å². The van der Waals surface area contributed by atoms with E-state index in [4.69, 9.17) is 0 Å². The first kappa shape index (κ1) is 17.9. The van der Waals surface area contributed by atoms with E-state index in [9.17, 15) is 18.4 Å². The zero-order valence-electron chi connectivity index (χ0n) is 13.9. The van der Waals surface area contributed by atoms with Crippen LogP contribution in [0, 0.1) is 25.5 Å². The van der Waals surface area contributed by atoms with Crippen LogP contribution in [-0.2, 0) is 11.2 Å². The number of halogens is 2. The molecular weight excluding hydrogens is 362 g/mol. The van der Waals surface area contributed by atoms with Gasteiger partial charge in [0.15, 0.2) is 0 Å². The standard InChI is InChI=1S/C17H14F2N4O2S/c1-8-9(2)26-17-15(8)16(25)21-13(22-17)6-14(24)23-20-7-10-3-4-11(18)5-12(10)19/h3-5,7H,6H2,1-2H3,(H,23,24)(H,21,22,25)/b20-7+. The molecule has 0 aliphatic rings. The predicted octanol–water partition coefficient (Wildman–Crippen LogP) is 2.57. The van der Waals surface area contributed by atoms with E-state index in [1.807, 2.05) is 13.8 Å². The fraction of sp³-hybridized carbons (Fsp3) is 0.176. The maximum Gasteiger partial charge on any atom is 0.259 e. The Morgan fingerprint density at radius 2 is 2.15 bits per heavy atom. The van der Waals surface area contributed by atoms with E-state index in [1.165, 1.54) is 17.4 Å². The van der Waals surface area contributed by atoms with Crippen LogP contribution in [0.3, 0.4) is 0 Å². The van der Waals surface area contributed by atoms with E-state index < -0.39 is 17.5 Å². The number of hydrogen-bond donors (Lipinski definition) is 2. The number of amides is 1. The summed E-state index contributed by atoms with van der Waals surface area (Å²) in [7, 11) is 0. The maximum atomic E-state index is 13.5. The number of aromatic amines is 1. The summed E-state index contributed by atoms with van der Waals surface area (Å²) in [6, 6.07) is 3.01. The Morgan fingerprint density at radius 3 is 2.88 bits per heavy atom. The molecule has 1 amide bonds. The molecule has 26 heavy (non-hydrogen) atoms. The van der Waals surface area contributed by atoms with Crippen LogP contribution in [0.5, 0.6) is 0 Å². The van der Waals surface area contributed by atoms with Crippen molar-refractivity contribution >= 4 is 33.7 Å². The number of nitrogens with one attached hydrogen (secondary N) is 2. The number of benzene rings is 1. The molecule has 6 nitrogen and oxygen atoms in total. The number of fused-ring (bicyclic) bond motifs is 1. The Morgan fingerprint density at radius 1 is 1.38 bits per heavy atom. The van der Waals surface area contributed by atoms with Gasteiger partial charge in [0.1, 0.15) is 22.3 Å². The van der Waals surface area contributed by atoms with Crippen molar-refractivity contribution in [2.45, 2.75) is 20.3 Å². The lowest BCUT2D eigenvalue weighted by Crippen LogP contribution is -2.23. The molecule has 0 aliphatic heterocycles. The minimum absolute atomic E-state index is 0.0317. The van der Waals surface area contributed by atoms with Crippen LogP contribution in [0.15, 0.2) is 28.1 Å². The molecule has 0 saturated carbocycles. The predicted molar refractivity (Wildman–Crippen MR) is 95.5 cm³/mol. The fourth-order valence-corrected chi connectivity index (χ4v) is 3.40. The van der Waals surface area contributed by atoms with Crippen LogP contribution >= 0.6 is 11.3 Å². The summed E-state index contributed by atoms with van der Waals surface area (Å²) in [5.74, 6) is -1.81. The quantitative estimate of drug-likeness (QED) is 0.542. The average molecular weight is 376 g/mol. The van der Waals surface area contributed by atoms with Crippen molar-refractivity contribution in [2.75, 3.05) is 0 Å². The molecule has 0 fully saturated rings. The van der Waals surface area contributed by atoms with E-state index in [1.54, 1.807) is 0 Å². The van der Waals surface area contributed by atoms with Gasteiger partial charge in [0.05, 0.1) is 18.0 Å². The van der Waals surface area contributed by atoms with Gasteiger partial charge in [-0.25, -0.2) is 19.2 Å². The molecule has 0 unspecified atom stereocenters. The van der Waals surface area contributed by atoms with Gasteiger partial charge in [-0.15, -0.1) is 11.3 Å². The number of carbonyl (C=O) groups excluding carboxylic acids is 1. The third-order valence-corrected chi connectivity index (χ3v) is 4.87. The molecule has 2 N–H and O–H groups in total. The topological polar surface area (TPSA) is 87.2 Å². The number of nitrogens with zero attached hydrogens (tertiary/aromatic N) is 2. The molecule has 0 atom stereocenters. The van der Waals surface area contributed by atoms with Crippen molar-refractivity contribution in [1.82, 2.24) is 15.4 Å². The first-order valence-corrected chi connectivity index (χ1v) is 8.42. The van der Waals surface area contributed by atoms with Crippen LogP contribution in [-0.4, -0.2) is 22.1 Å². The van der Waals surface area contributed by atoms with Gasteiger partial charge in [-0.1, -0.05) is 0 Å². The molecule has 0 bridgehead atoms. The van der Waals surface area contributed by atoms with Gasteiger partial charge in [-0.2, -0.15) is 5.10 Å². The summed E-state index contributed by atoms with van der Waals surface area (Å²) in [6.45, 7) is 3.75. The molecule has 9 heteroatoms. The number of aryl methyl sites for hydroxylation is 2. The highest BCUT2D eigenvalue weighted by atomic mass is 32.1. The van der Waals surface area contributed by atoms with Gasteiger partial charge in [0.25, 0.3) is 5.56 Å². The summed E-state index contributed by atoms with van der Waals surface area (Å²) in [5, 5.41) is 4.16. The van der Waals surface area contributed by atoms with Gasteiger partial charge in [-0.05, 0) is 31.5 Å². The number of rotatable bonds is 4. The zero-order chi connectivity index (χ0) is 18.8. The zero-order valence-corrected chi connectivity index (χ0v) is 14.7. The molecule has 2 heterocycles. The average Bonchev–Trinajstić information content (AvgIpc) is 2.84. The molecular formula is C17H14F2N4O2S. The normalized spacial score (nSPS) is 11.4. The van der Waals surface area contributed by atoms with Crippen molar-refractivity contribution in [3.05, 3.63) is 62.0 Å². The van der Waals surface area contributed by atoms with Crippen molar-refractivity contribution in [1.29, 1.82) is 0 Å². The second-order valence-electron chi connectivity index (χ2n) is 5.61. The molecule has 3 aromatic rings. The Bertz CT molecular complexity index is 1090. The minimum atomic E-state index is -0.789. The highest BCUT2D eigenvalue weighted by Crippen LogP contribution is 2.25. The number of H-pyrrole nitrogens is 1. The second kappa shape index (κ2) is 7.12. The van der Waals surface area contributed by atoms with Gasteiger partial charge in [0, 0.05) is 16.5 Å². The summed E-state index contributed by atoms with van der Waals surface area (Å²) < 4.78 is 26.3. The first-order valence-electron chi connectivity index (χ1n) is 7.61. The lowest BCUT2D eigenvalue weighted by Gasteiger charge is -2.01. The number of thiophene rings is 1. The number of carbonyl (C=O) groups is 1. The minimum Gasteiger partial charge on any atom is -0.309 e. The number of hydrogen-bond acceptors (Lipinski definition) is 5. The van der Waals surface area contributed by atoms with Crippen LogP contribution in [0.1, 0.15) is 21.8 Å². The van der Waals surface area contributed by atoms with Gasteiger partial charge >= 0.3 is 0 Å². The van der Waals surface area contributed by atoms with Crippen LogP contribution in [0.25, 0.3) is 10.2 Å². The van der Waals surface area contributed by atoms with Crippen LogP contribution < -0.4 is 11.0 Å². The summed E-state index contributed by atoms with van der Waals surface area (Å²) in [6.07, 6.45) is 0.877. The molecule has 134 valence electrons. The van der Waals surface area contributed by atoms with E-state index in [2.05, 4.69) is 20.5 Å². The maximum absolute atomic E-state index is 13.5. The molecule has 0 aliphatic carbocycles. The van der Waals surface area contributed by atoms with Crippen LogP contribution in [0.2, 0.25) is 0 Å².